The normalized spacial score (nSPS) is 9.81. The first kappa shape index (κ1) is 12.5. The molecule has 0 fully saturated rings. The number of hydrogen-bond donors (Lipinski definition) is 0. The summed E-state index contributed by atoms with van der Waals surface area (Å²) >= 11 is 0. The van der Waals surface area contributed by atoms with E-state index < -0.39 is 0 Å². The predicted octanol–water partition coefficient (Wildman–Crippen LogP) is 2.42. The highest BCUT2D eigenvalue weighted by Gasteiger charge is 2.00. The molecule has 1 aromatic carbocycles. The average Bonchev–Trinajstić information content (AvgIpc) is 2.34. The number of anilines is 1. The predicted molar refractivity (Wildman–Crippen MR) is 65.5 cm³/mol. The van der Waals surface area contributed by atoms with Crippen molar-refractivity contribution in [1.29, 1.82) is 5.26 Å². The summed E-state index contributed by atoms with van der Waals surface area (Å²) in [5, 5.41) is 8.69. The molecule has 3 heteroatoms. The number of methoxy groups -OCH3 is 1. The minimum Gasteiger partial charge on any atom is -0.385 e. The van der Waals surface area contributed by atoms with E-state index in [0.29, 0.717) is 5.56 Å². The van der Waals surface area contributed by atoms with Crippen molar-refractivity contribution in [2.45, 2.75) is 12.8 Å². The molecule has 0 aliphatic rings. The Morgan fingerprint density at radius 1 is 1.25 bits per heavy atom. The van der Waals surface area contributed by atoms with Gasteiger partial charge in [-0.25, -0.2) is 0 Å². The van der Waals surface area contributed by atoms with Crippen LogP contribution in [-0.2, 0) is 4.74 Å². The molecule has 0 spiro atoms. The van der Waals surface area contributed by atoms with E-state index in [0.717, 1.165) is 31.7 Å². The van der Waals surface area contributed by atoms with Gasteiger partial charge in [-0.15, -0.1) is 0 Å². The number of hydrogen-bond acceptors (Lipinski definition) is 3. The number of nitrogens with zero attached hydrogens (tertiary/aromatic N) is 2. The largest absolute Gasteiger partial charge is 0.385 e. The molecule has 16 heavy (non-hydrogen) atoms. The Morgan fingerprint density at radius 3 is 2.50 bits per heavy atom. The molecule has 0 atom stereocenters. The standard InChI is InChI=1S/C13H18N2O/c1-15(9-3-4-10-16-2)13-7-5-12(11-14)6-8-13/h5-8H,3-4,9-10H2,1-2H3. The van der Waals surface area contributed by atoms with E-state index >= 15 is 0 Å². The second-order valence-corrected chi connectivity index (χ2v) is 3.78. The highest BCUT2D eigenvalue weighted by molar-refractivity contribution is 5.48. The summed E-state index contributed by atoms with van der Waals surface area (Å²) in [6.07, 6.45) is 2.20. The van der Waals surface area contributed by atoms with Gasteiger partial charge < -0.3 is 9.64 Å². The summed E-state index contributed by atoms with van der Waals surface area (Å²) in [6, 6.07) is 9.78. The maximum absolute atomic E-state index is 8.69. The van der Waals surface area contributed by atoms with Gasteiger partial charge in [0.05, 0.1) is 11.6 Å². The molecule has 0 unspecified atom stereocenters. The lowest BCUT2D eigenvalue weighted by Gasteiger charge is -2.19. The quantitative estimate of drug-likeness (QED) is 0.688. The van der Waals surface area contributed by atoms with Crippen LogP contribution in [0.5, 0.6) is 0 Å². The maximum atomic E-state index is 8.69. The maximum Gasteiger partial charge on any atom is 0.0991 e. The van der Waals surface area contributed by atoms with E-state index in [2.05, 4.69) is 18.0 Å². The Balaban J connectivity index is 2.40. The lowest BCUT2D eigenvalue weighted by Crippen LogP contribution is -2.18. The molecule has 0 bridgehead atoms. The summed E-state index contributed by atoms with van der Waals surface area (Å²) in [7, 11) is 3.79. The number of ether oxygens (including phenoxy) is 1. The molecule has 0 amide bonds. The van der Waals surface area contributed by atoms with Gasteiger partial charge in [0, 0.05) is 33.0 Å². The zero-order valence-electron chi connectivity index (χ0n) is 9.94. The van der Waals surface area contributed by atoms with Crippen molar-refractivity contribution in [1.82, 2.24) is 0 Å². The minimum atomic E-state index is 0.705. The summed E-state index contributed by atoms with van der Waals surface area (Å²) < 4.78 is 5.01. The molecule has 0 radical (unpaired) electrons. The summed E-state index contributed by atoms with van der Waals surface area (Å²) in [4.78, 5) is 2.19. The fourth-order valence-corrected chi connectivity index (χ4v) is 1.51. The SMILES string of the molecule is COCCCCN(C)c1ccc(C#N)cc1. The minimum absolute atomic E-state index is 0.705. The van der Waals surface area contributed by atoms with Gasteiger partial charge in [0.1, 0.15) is 0 Å². The topological polar surface area (TPSA) is 36.3 Å². The molecular formula is C13H18N2O. The molecule has 86 valence electrons. The zero-order chi connectivity index (χ0) is 11.8. The van der Waals surface area contributed by atoms with Crippen molar-refractivity contribution in [2.75, 3.05) is 32.2 Å². The van der Waals surface area contributed by atoms with Crippen molar-refractivity contribution in [3.63, 3.8) is 0 Å². The molecule has 0 saturated heterocycles. The van der Waals surface area contributed by atoms with E-state index in [1.165, 1.54) is 0 Å². The Kier molecular flexibility index (Phi) is 5.38. The molecular weight excluding hydrogens is 200 g/mol. The van der Waals surface area contributed by atoms with Crippen LogP contribution in [-0.4, -0.2) is 27.3 Å². The lowest BCUT2D eigenvalue weighted by molar-refractivity contribution is 0.193. The highest BCUT2D eigenvalue weighted by Crippen LogP contribution is 2.13. The second-order valence-electron chi connectivity index (χ2n) is 3.78. The molecule has 0 aliphatic carbocycles. The average molecular weight is 218 g/mol. The van der Waals surface area contributed by atoms with Crippen LogP contribution in [0.4, 0.5) is 5.69 Å². The monoisotopic (exact) mass is 218 g/mol. The van der Waals surface area contributed by atoms with Gasteiger partial charge in [-0.2, -0.15) is 5.26 Å². The van der Waals surface area contributed by atoms with Crippen molar-refractivity contribution < 1.29 is 4.74 Å². The molecule has 0 N–H and O–H groups in total. The van der Waals surface area contributed by atoms with Crippen molar-refractivity contribution in [2.24, 2.45) is 0 Å². The lowest BCUT2D eigenvalue weighted by atomic mass is 10.2. The van der Waals surface area contributed by atoms with Crippen molar-refractivity contribution in [3.05, 3.63) is 29.8 Å². The summed E-state index contributed by atoms with van der Waals surface area (Å²) in [5.41, 5.74) is 1.85. The van der Waals surface area contributed by atoms with Gasteiger partial charge in [0.25, 0.3) is 0 Å². The first-order chi connectivity index (χ1) is 7.77. The Bertz CT molecular complexity index is 340. The molecule has 1 rings (SSSR count). The van der Waals surface area contributed by atoms with Crippen LogP contribution in [0, 0.1) is 11.3 Å². The van der Waals surface area contributed by atoms with E-state index in [9.17, 15) is 0 Å². The summed E-state index contributed by atoms with van der Waals surface area (Å²) in [6.45, 7) is 1.83. The van der Waals surface area contributed by atoms with Gasteiger partial charge in [0.15, 0.2) is 0 Å². The Morgan fingerprint density at radius 2 is 1.94 bits per heavy atom. The molecule has 0 saturated carbocycles. The Hall–Kier alpha value is -1.53. The van der Waals surface area contributed by atoms with Gasteiger partial charge in [-0.05, 0) is 37.1 Å². The van der Waals surface area contributed by atoms with Crippen LogP contribution in [0.2, 0.25) is 0 Å². The smallest absolute Gasteiger partial charge is 0.0991 e. The summed E-state index contributed by atoms with van der Waals surface area (Å²) in [5.74, 6) is 0. The fraction of sp³-hybridized carbons (Fsp3) is 0.462. The first-order valence-corrected chi connectivity index (χ1v) is 5.48. The van der Waals surface area contributed by atoms with Gasteiger partial charge >= 0.3 is 0 Å². The third-order valence-electron chi connectivity index (χ3n) is 2.53. The second kappa shape index (κ2) is 6.86. The Labute approximate surface area is 97.3 Å². The highest BCUT2D eigenvalue weighted by atomic mass is 16.5. The fourth-order valence-electron chi connectivity index (χ4n) is 1.51. The molecule has 0 aromatic heterocycles. The van der Waals surface area contributed by atoms with Crippen molar-refractivity contribution in [3.8, 4) is 6.07 Å². The number of rotatable bonds is 6. The van der Waals surface area contributed by atoms with Gasteiger partial charge in [-0.3, -0.25) is 0 Å². The molecule has 3 nitrogen and oxygen atoms in total. The van der Waals surface area contributed by atoms with Crippen LogP contribution in [0.15, 0.2) is 24.3 Å². The molecule has 1 aromatic rings. The van der Waals surface area contributed by atoms with Crippen molar-refractivity contribution >= 4 is 5.69 Å². The first-order valence-electron chi connectivity index (χ1n) is 5.48. The van der Waals surface area contributed by atoms with Crippen LogP contribution in [0.3, 0.4) is 0 Å². The number of benzene rings is 1. The zero-order valence-corrected chi connectivity index (χ0v) is 9.94. The molecule has 0 aliphatic heterocycles. The van der Waals surface area contributed by atoms with Crippen LogP contribution in [0.25, 0.3) is 0 Å². The van der Waals surface area contributed by atoms with Gasteiger partial charge in [-0.1, -0.05) is 0 Å². The number of unbranched alkanes of at least 4 members (excludes halogenated alkanes) is 1. The van der Waals surface area contributed by atoms with Crippen LogP contribution < -0.4 is 4.90 Å². The number of nitriles is 1. The van der Waals surface area contributed by atoms with E-state index in [-0.39, 0.29) is 0 Å². The third kappa shape index (κ3) is 3.92. The van der Waals surface area contributed by atoms with E-state index in [1.54, 1.807) is 7.11 Å². The van der Waals surface area contributed by atoms with Crippen LogP contribution in [0.1, 0.15) is 18.4 Å². The van der Waals surface area contributed by atoms with E-state index in [1.807, 2.05) is 24.3 Å². The van der Waals surface area contributed by atoms with Gasteiger partial charge in [0.2, 0.25) is 0 Å². The third-order valence-corrected chi connectivity index (χ3v) is 2.53. The van der Waals surface area contributed by atoms with E-state index in [4.69, 9.17) is 10.00 Å². The molecule has 0 heterocycles. The van der Waals surface area contributed by atoms with Crippen LogP contribution >= 0.6 is 0 Å².